The van der Waals surface area contributed by atoms with Crippen molar-refractivity contribution in [1.29, 1.82) is 0 Å². The van der Waals surface area contributed by atoms with Crippen LogP contribution in [0.3, 0.4) is 0 Å². The molecule has 0 unspecified atom stereocenters. The van der Waals surface area contributed by atoms with E-state index in [2.05, 4.69) is 67.8 Å². The molecule has 0 atom stereocenters. The van der Waals surface area contributed by atoms with Crippen LogP contribution in [0, 0.1) is 0 Å². The van der Waals surface area contributed by atoms with Gasteiger partial charge < -0.3 is 10.2 Å². The summed E-state index contributed by atoms with van der Waals surface area (Å²) >= 11 is 0. The van der Waals surface area contributed by atoms with E-state index in [-0.39, 0.29) is 11.0 Å². The Morgan fingerprint density at radius 3 is 2.78 bits per heavy atom. The maximum absolute atomic E-state index is 13.3. The summed E-state index contributed by atoms with van der Waals surface area (Å²) in [6.07, 6.45) is 5.29. The van der Waals surface area contributed by atoms with Gasteiger partial charge in [0.2, 0.25) is 5.95 Å². The molecular formula is C28H33N7O. The molecule has 0 bridgehead atoms. The quantitative estimate of drug-likeness (QED) is 0.388. The van der Waals surface area contributed by atoms with Gasteiger partial charge in [0.1, 0.15) is 5.39 Å². The van der Waals surface area contributed by atoms with Crippen LogP contribution in [-0.4, -0.2) is 42.8 Å². The fraction of sp³-hybridized carbons (Fsp3) is 0.357. The summed E-state index contributed by atoms with van der Waals surface area (Å²) in [5.41, 5.74) is 4.83. The first-order valence-electron chi connectivity index (χ1n) is 12.5. The maximum Gasteiger partial charge on any atom is 0.278 e. The highest BCUT2D eigenvalue weighted by molar-refractivity contribution is 5.77. The van der Waals surface area contributed by atoms with Gasteiger partial charge in [0.05, 0.1) is 6.54 Å². The third-order valence-corrected chi connectivity index (χ3v) is 7.17. The number of rotatable bonds is 7. The first-order chi connectivity index (χ1) is 17.3. The van der Waals surface area contributed by atoms with Crippen molar-refractivity contribution in [1.82, 2.24) is 29.2 Å². The summed E-state index contributed by atoms with van der Waals surface area (Å²) in [7, 11) is 2.14. The Hall–Kier alpha value is -3.78. The van der Waals surface area contributed by atoms with Crippen molar-refractivity contribution >= 4 is 22.7 Å². The normalized spacial score (nSPS) is 14.1. The molecule has 4 aromatic rings. The predicted molar refractivity (Wildman–Crippen MR) is 144 cm³/mol. The molecule has 0 saturated heterocycles. The lowest BCUT2D eigenvalue weighted by molar-refractivity contribution is 0.313. The van der Waals surface area contributed by atoms with Crippen molar-refractivity contribution in [2.75, 3.05) is 18.9 Å². The second-order valence-corrected chi connectivity index (χ2v) is 10.1. The highest BCUT2D eigenvalue weighted by atomic mass is 16.1. The minimum atomic E-state index is -0.171. The summed E-state index contributed by atoms with van der Waals surface area (Å²) in [5.74, 6) is 1.07. The monoisotopic (exact) mass is 483 g/mol. The van der Waals surface area contributed by atoms with Crippen molar-refractivity contribution in [3.63, 3.8) is 0 Å². The van der Waals surface area contributed by atoms with Gasteiger partial charge in [-0.1, -0.05) is 39.0 Å². The number of pyridine rings is 1. The lowest BCUT2D eigenvalue weighted by Gasteiger charge is -2.25. The molecule has 1 N–H and O–H groups in total. The van der Waals surface area contributed by atoms with Gasteiger partial charge >= 0.3 is 0 Å². The molecule has 36 heavy (non-hydrogen) atoms. The van der Waals surface area contributed by atoms with Gasteiger partial charge in [0.25, 0.3) is 5.56 Å². The Kier molecular flexibility index (Phi) is 6.22. The molecule has 0 amide bonds. The molecule has 1 aliphatic heterocycles. The first-order valence-corrected chi connectivity index (χ1v) is 12.5. The number of aromatic nitrogens is 5. The highest BCUT2D eigenvalue weighted by Crippen LogP contribution is 2.27. The van der Waals surface area contributed by atoms with Gasteiger partial charge in [-0.05, 0) is 55.3 Å². The molecule has 3 aromatic heterocycles. The van der Waals surface area contributed by atoms with Gasteiger partial charge in [0, 0.05) is 36.1 Å². The molecule has 8 nitrogen and oxygen atoms in total. The largest absolute Gasteiger partial charge is 0.324 e. The molecule has 0 radical (unpaired) electrons. The zero-order chi connectivity index (χ0) is 25.4. The SMILES string of the molecule is C=CCn1c(=O)c2cnc(Nc3ccc4c(c3)CN(C)CC4)nc2n1-c1cccc(C(C)(C)CC)n1. The zero-order valence-electron chi connectivity index (χ0n) is 21.5. The smallest absolute Gasteiger partial charge is 0.278 e. The molecule has 0 aliphatic carbocycles. The van der Waals surface area contributed by atoms with Gasteiger partial charge in [0.15, 0.2) is 11.5 Å². The predicted octanol–water partition coefficient (Wildman–Crippen LogP) is 4.58. The minimum Gasteiger partial charge on any atom is -0.324 e. The third-order valence-electron chi connectivity index (χ3n) is 7.17. The van der Waals surface area contributed by atoms with Crippen LogP contribution in [0.5, 0.6) is 0 Å². The highest BCUT2D eigenvalue weighted by Gasteiger charge is 2.23. The van der Waals surface area contributed by atoms with Gasteiger partial charge in [-0.15, -0.1) is 6.58 Å². The van der Waals surface area contributed by atoms with Crippen LogP contribution in [0.4, 0.5) is 11.6 Å². The van der Waals surface area contributed by atoms with Crippen molar-refractivity contribution in [3.8, 4) is 5.82 Å². The number of hydrogen-bond acceptors (Lipinski definition) is 6. The summed E-state index contributed by atoms with van der Waals surface area (Å²) in [6, 6.07) is 12.3. The maximum atomic E-state index is 13.3. The molecule has 8 heteroatoms. The number of nitrogens with one attached hydrogen (secondary N) is 1. The summed E-state index contributed by atoms with van der Waals surface area (Å²) in [6.45, 7) is 12.7. The zero-order valence-corrected chi connectivity index (χ0v) is 21.5. The summed E-state index contributed by atoms with van der Waals surface area (Å²) in [4.78, 5) is 29.8. The third kappa shape index (κ3) is 4.33. The fourth-order valence-corrected chi connectivity index (χ4v) is 4.61. The van der Waals surface area contributed by atoms with Crippen molar-refractivity contribution in [2.24, 2.45) is 0 Å². The van der Waals surface area contributed by atoms with Gasteiger partial charge in [-0.3, -0.25) is 4.79 Å². The molecule has 1 aliphatic rings. The Labute approximate surface area is 211 Å². The molecule has 0 spiro atoms. The number of fused-ring (bicyclic) bond motifs is 2. The number of likely N-dealkylation sites (N-methyl/N-ethyl adjacent to an activating group) is 1. The molecule has 5 rings (SSSR count). The average molecular weight is 484 g/mol. The van der Waals surface area contributed by atoms with Crippen LogP contribution in [0.1, 0.15) is 44.0 Å². The Morgan fingerprint density at radius 1 is 1.17 bits per heavy atom. The Morgan fingerprint density at radius 2 is 2.00 bits per heavy atom. The first kappa shape index (κ1) is 23.9. The lowest BCUT2D eigenvalue weighted by Crippen LogP contribution is -2.26. The standard InChI is InChI=1S/C28H33N7O/c1-6-14-34-26(36)22-17-29-27(30-21-12-11-19-13-15-33(5)18-20(19)16-21)32-25(22)35(34)24-10-8-9-23(31-24)28(3,4)7-2/h6,8-12,16-17H,1,7,13-15,18H2,2-5H3,(H,29,30,32). The molecule has 4 heterocycles. The number of nitrogens with zero attached hydrogens (tertiary/aromatic N) is 6. The van der Waals surface area contributed by atoms with Gasteiger partial charge in [-0.2, -0.15) is 4.98 Å². The van der Waals surface area contributed by atoms with E-state index in [1.807, 2.05) is 18.2 Å². The van der Waals surface area contributed by atoms with Crippen LogP contribution in [-0.2, 0) is 24.9 Å². The van der Waals surface area contributed by atoms with Crippen LogP contribution in [0.2, 0.25) is 0 Å². The molecule has 1 aromatic carbocycles. The Balaban J connectivity index is 1.60. The number of allylic oxidation sites excluding steroid dienone is 1. The van der Waals surface area contributed by atoms with Crippen LogP contribution >= 0.6 is 0 Å². The van der Waals surface area contributed by atoms with E-state index in [4.69, 9.17) is 9.97 Å². The van der Waals surface area contributed by atoms with E-state index in [1.54, 1.807) is 21.6 Å². The van der Waals surface area contributed by atoms with E-state index in [9.17, 15) is 4.79 Å². The minimum absolute atomic E-state index is 0.0925. The van der Waals surface area contributed by atoms with Crippen LogP contribution in [0.25, 0.3) is 16.9 Å². The topological polar surface area (TPSA) is 80.9 Å². The average Bonchev–Trinajstić information content (AvgIpc) is 3.14. The molecule has 186 valence electrons. The second-order valence-electron chi connectivity index (χ2n) is 10.1. The molecule has 0 saturated carbocycles. The van der Waals surface area contributed by atoms with E-state index >= 15 is 0 Å². The summed E-state index contributed by atoms with van der Waals surface area (Å²) < 4.78 is 3.39. The van der Waals surface area contributed by atoms with Crippen LogP contribution < -0.4 is 10.9 Å². The van der Waals surface area contributed by atoms with Crippen molar-refractivity contribution in [3.05, 3.63) is 82.4 Å². The van der Waals surface area contributed by atoms with Gasteiger partial charge in [-0.25, -0.2) is 19.3 Å². The van der Waals surface area contributed by atoms with E-state index in [0.29, 0.717) is 29.3 Å². The number of benzene rings is 1. The van der Waals surface area contributed by atoms with E-state index < -0.39 is 0 Å². The lowest BCUT2D eigenvalue weighted by atomic mass is 9.86. The molecule has 0 fully saturated rings. The van der Waals surface area contributed by atoms with E-state index in [0.717, 1.165) is 37.3 Å². The second kappa shape index (κ2) is 9.35. The van der Waals surface area contributed by atoms with Crippen molar-refractivity contribution in [2.45, 2.75) is 52.1 Å². The summed E-state index contributed by atoms with van der Waals surface area (Å²) in [5, 5.41) is 3.78. The number of anilines is 2. The Bertz CT molecular complexity index is 1500. The number of hydrogen-bond donors (Lipinski definition) is 1. The van der Waals surface area contributed by atoms with Crippen LogP contribution in [0.15, 0.2) is 60.0 Å². The van der Waals surface area contributed by atoms with Crippen molar-refractivity contribution < 1.29 is 0 Å². The van der Waals surface area contributed by atoms with E-state index in [1.165, 1.54) is 11.1 Å². The molecular weight excluding hydrogens is 450 g/mol. The fourth-order valence-electron chi connectivity index (χ4n) is 4.61.